The molecule has 1 unspecified atom stereocenters. The third-order valence-corrected chi connectivity index (χ3v) is 3.68. The molecular formula is C15H14ClNO4. The van der Waals surface area contributed by atoms with Crippen LogP contribution in [0, 0.1) is 0 Å². The first-order valence-electron chi connectivity index (χ1n) is 6.43. The molecule has 0 saturated heterocycles. The number of aliphatic hydroxyl groups excluding tert-OH is 1. The largest absolute Gasteiger partial charge is 0.493 e. The van der Waals surface area contributed by atoms with Crippen LogP contribution >= 0.6 is 11.6 Å². The second-order valence-electron chi connectivity index (χ2n) is 4.64. The third-order valence-electron chi connectivity index (χ3n) is 3.34. The van der Waals surface area contributed by atoms with Crippen LogP contribution < -0.4 is 14.2 Å². The van der Waals surface area contributed by atoms with Crippen LogP contribution in [0.2, 0.25) is 5.02 Å². The van der Waals surface area contributed by atoms with E-state index in [0.717, 1.165) is 5.56 Å². The summed E-state index contributed by atoms with van der Waals surface area (Å²) in [5.41, 5.74) is 1.51. The fourth-order valence-electron chi connectivity index (χ4n) is 2.24. The Kier molecular flexibility index (Phi) is 3.86. The lowest BCUT2D eigenvalue weighted by Crippen LogP contribution is -2.03. The maximum atomic E-state index is 10.4. The van der Waals surface area contributed by atoms with Gasteiger partial charge in [0.2, 0.25) is 12.5 Å². The molecule has 21 heavy (non-hydrogen) atoms. The predicted octanol–water partition coefficient (Wildman–Crippen LogP) is 2.75. The van der Waals surface area contributed by atoms with Gasteiger partial charge in [0.25, 0.3) is 0 Å². The molecule has 0 spiro atoms. The van der Waals surface area contributed by atoms with Crippen molar-refractivity contribution >= 4 is 11.6 Å². The highest BCUT2D eigenvalue weighted by Gasteiger charge is 2.22. The van der Waals surface area contributed by atoms with Crippen molar-refractivity contribution in [2.24, 2.45) is 0 Å². The van der Waals surface area contributed by atoms with Gasteiger partial charge in [-0.1, -0.05) is 11.6 Å². The summed E-state index contributed by atoms with van der Waals surface area (Å²) in [6.45, 7) is 0.154. The highest BCUT2D eigenvalue weighted by Crippen LogP contribution is 2.43. The van der Waals surface area contributed by atoms with Crippen LogP contribution in [0.15, 0.2) is 30.6 Å². The summed E-state index contributed by atoms with van der Waals surface area (Å²) in [5.74, 6) is 1.68. The van der Waals surface area contributed by atoms with E-state index in [2.05, 4.69) is 4.98 Å². The normalized spacial score (nSPS) is 14.0. The molecule has 1 aliphatic heterocycles. The van der Waals surface area contributed by atoms with Gasteiger partial charge in [0.1, 0.15) is 0 Å². The zero-order chi connectivity index (χ0) is 14.8. The SMILES string of the molecule is COc1cc(C(O)Cc2ccncc2Cl)cc2c1OCO2. The Labute approximate surface area is 127 Å². The van der Waals surface area contributed by atoms with E-state index >= 15 is 0 Å². The number of fused-ring (bicyclic) bond motifs is 1. The standard InChI is InChI=1S/C15H14ClNO4/c1-19-13-5-10(6-14-15(13)21-8-20-14)12(18)4-9-2-3-17-7-11(9)16/h2-3,5-7,12,18H,4,8H2,1H3. The minimum absolute atomic E-state index is 0.154. The second-order valence-corrected chi connectivity index (χ2v) is 5.05. The molecule has 0 amide bonds. The molecule has 0 saturated carbocycles. The van der Waals surface area contributed by atoms with Gasteiger partial charge in [-0.15, -0.1) is 0 Å². The summed E-state index contributed by atoms with van der Waals surface area (Å²) < 4.78 is 16.0. The van der Waals surface area contributed by atoms with Crippen molar-refractivity contribution in [2.45, 2.75) is 12.5 Å². The topological polar surface area (TPSA) is 60.8 Å². The van der Waals surface area contributed by atoms with Crippen LogP contribution in [0.3, 0.4) is 0 Å². The van der Waals surface area contributed by atoms with Crippen molar-refractivity contribution in [3.05, 3.63) is 46.7 Å². The number of hydrogen-bond donors (Lipinski definition) is 1. The van der Waals surface area contributed by atoms with E-state index in [1.165, 1.54) is 0 Å². The van der Waals surface area contributed by atoms with E-state index in [4.69, 9.17) is 25.8 Å². The number of benzene rings is 1. The van der Waals surface area contributed by atoms with Crippen LogP contribution in [0.25, 0.3) is 0 Å². The molecule has 1 aromatic heterocycles. The number of nitrogens with zero attached hydrogens (tertiary/aromatic N) is 1. The Bertz CT molecular complexity index is 662. The Morgan fingerprint density at radius 3 is 3.05 bits per heavy atom. The van der Waals surface area contributed by atoms with E-state index < -0.39 is 6.10 Å². The molecule has 0 radical (unpaired) electrons. The first-order chi connectivity index (χ1) is 10.2. The van der Waals surface area contributed by atoms with Gasteiger partial charge in [0.15, 0.2) is 11.5 Å². The molecule has 0 bridgehead atoms. The van der Waals surface area contributed by atoms with Crippen molar-refractivity contribution in [3.8, 4) is 17.2 Å². The van der Waals surface area contributed by atoms with Crippen molar-refractivity contribution in [1.82, 2.24) is 4.98 Å². The molecular weight excluding hydrogens is 294 g/mol. The Balaban J connectivity index is 1.88. The molecule has 3 rings (SSSR count). The number of ether oxygens (including phenoxy) is 3. The summed E-state index contributed by atoms with van der Waals surface area (Å²) in [6, 6.07) is 5.29. The first-order valence-corrected chi connectivity index (χ1v) is 6.81. The number of rotatable bonds is 4. The summed E-state index contributed by atoms with van der Waals surface area (Å²) in [6.07, 6.45) is 2.86. The van der Waals surface area contributed by atoms with E-state index in [0.29, 0.717) is 34.3 Å². The van der Waals surface area contributed by atoms with E-state index in [1.807, 2.05) is 0 Å². The molecule has 2 heterocycles. The van der Waals surface area contributed by atoms with Gasteiger partial charge in [-0.3, -0.25) is 4.98 Å². The van der Waals surface area contributed by atoms with Gasteiger partial charge in [0.05, 0.1) is 18.2 Å². The van der Waals surface area contributed by atoms with Crippen molar-refractivity contribution < 1.29 is 19.3 Å². The average Bonchev–Trinajstić information content (AvgIpc) is 2.97. The number of hydrogen-bond acceptors (Lipinski definition) is 5. The highest BCUT2D eigenvalue weighted by atomic mass is 35.5. The van der Waals surface area contributed by atoms with Crippen LogP contribution in [-0.2, 0) is 6.42 Å². The van der Waals surface area contributed by atoms with Gasteiger partial charge in [-0.05, 0) is 29.3 Å². The Morgan fingerprint density at radius 2 is 2.29 bits per heavy atom. The molecule has 5 nitrogen and oxygen atoms in total. The zero-order valence-electron chi connectivity index (χ0n) is 11.4. The highest BCUT2D eigenvalue weighted by molar-refractivity contribution is 6.31. The molecule has 1 N–H and O–H groups in total. The summed E-state index contributed by atoms with van der Waals surface area (Å²) in [7, 11) is 1.55. The maximum absolute atomic E-state index is 10.4. The monoisotopic (exact) mass is 307 g/mol. The zero-order valence-corrected chi connectivity index (χ0v) is 12.1. The van der Waals surface area contributed by atoms with Crippen LogP contribution in [0.5, 0.6) is 17.2 Å². The lowest BCUT2D eigenvalue weighted by atomic mass is 10.0. The molecule has 1 aliphatic rings. The van der Waals surface area contributed by atoms with Crippen LogP contribution in [0.4, 0.5) is 0 Å². The summed E-state index contributed by atoms with van der Waals surface area (Å²) >= 11 is 6.07. The predicted molar refractivity (Wildman–Crippen MR) is 77.0 cm³/mol. The van der Waals surface area contributed by atoms with Crippen LogP contribution in [-0.4, -0.2) is 24.0 Å². The number of aromatic nitrogens is 1. The van der Waals surface area contributed by atoms with E-state index in [1.54, 1.807) is 37.7 Å². The fourth-order valence-corrected chi connectivity index (χ4v) is 2.43. The Hall–Kier alpha value is -1.98. The number of methoxy groups -OCH3 is 1. The van der Waals surface area contributed by atoms with Gasteiger partial charge < -0.3 is 19.3 Å². The van der Waals surface area contributed by atoms with Gasteiger partial charge in [-0.2, -0.15) is 0 Å². The molecule has 1 aromatic carbocycles. The van der Waals surface area contributed by atoms with E-state index in [-0.39, 0.29) is 6.79 Å². The molecule has 1 atom stereocenters. The lowest BCUT2D eigenvalue weighted by Gasteiger charge is -2.14. The van der Waals surface area contributed by atoms with Crippen LogP contribution in [0.1, 0.15) is 17.2 Å². The minimum atomic E-state index is -0.728. The second kappa shape index (κ2) is 5.79. The average molecular weight is 308 g/mol. The number of aliphatic hydroxyl groups is 1. The Morgan fingerprint density at radius 1 is 1.43 bits per heavy atom. The lowest BCUT2D eigenvalue weighted by molar-refractivity contribution is 0.170. The number of halogens is 1. The van der Waals surface area contributed by atoms with Gasteiger partial charge in [0, 0.05) is 18.8 Å². The molecule has 0 fully saturated rings. The quantitative estimate of drug-likeness (QED) is 0.941. The smallest absolute Gasteiger partial charge is 0.231 e. The molecule has 6 heteroatoms. The van der Waals surface area contributed by atoms with Crippen molar-refractivity contribution in [3.63, 3.8) is 0 Å². The third kappa shape index (κ3) is 2.75. The van der Waals surface area contributed by atoms with Gasteiger partial charge >= 0.3 is 0 Å². The maximum Gasteiger partial charge on any atom is 0.231 e. The van der Waals surface area contributed by atoms with E-state index in [9.17, 15) is 5.11 Å². The molecule has 2 aromatic rings. The minimum Gasteiger partial charge on any atom is -0.493 e. The van der Waals surface area contributed by atoms with Crippen molar-refractivity contribution in [1.29, 1.82) is 0 Å². The fraction of sp³-hybridized carbons (Fsp3) is 0.267. The van der Waals surface area contributed by atoms with Gasteiger partial charge in [-0.25, -0.2) is 0 Å². The summed E-state index contributed by atoms with van der Waals surface area (Å²) in [5, 5.41) is 11.0. The summed E-state index contributed by atoms with van der Waals surface area (Å²) in [4.78, 5) is 3.93. The molecule has 110 valence electrons. The molecule has 0 aliphatic carbocycles. The van der Waals surface area contributed by atoms with Crippen molar-refractivity contribution in [2.75, 3.05) is 13.9 Å². The number of pyridine rings is 1. The first kappa shape index (κ1) is 14.0.